The Bertz CT molecular complexity index is 869. The molecule has 1 aliphatic heterocycles. The molecule has 1 heterocycles. The van der Waals surface area contributed by atoms with Crippen molar-refractivity contribution in [3.05, 3.63) is 69.7 Å². The molecule has 154 valence electrons. The third-order valence-corrected chi connectivity index (χ3v) is 5.78. The number of hydrogen-bond acceptors (Lipinski definition) is 4. The molecule has 1 aliphatic rings. The summed E-state index contributed by atoms with van der Waals surface area (Å²) in [5.74, 6) is -0.708. The standard InChI is InChI=1S/C21H24Cl2N4O2/c1-15(16-6-2-4-8-18(16)22)27-12-10-26(11-13-27)14-20(28)24-25-21(29)17-7-3-5-9-19(17)23/h2-9,15H,10-14H2,1H3,(H,24,28)(H,25,29)/t15-/m0/s1. The zero-order valence-electron chi connectivity index (χ0n) is 16.2. The normalized spacial score (nSPS) is 16.2. The first-order chi connectivity index (χ1) is 14.0. The van der Waals surface area contributed by atoms with Crippen molar-refractivity contribution in [1.29, 1.82) is 0 Å². The van der Waals surface area contributed by atoms with Crippen LogP contribution >= 0.6 is 23.2 Å². The van der Waals surface area contributed by atoms with E-state index in [0.717, 1.165) is 36.8 Å². The number of amides is 2. The smallest absolute Gasteiger partial charge is 0.271 e. The maximum absolute atomic E-state index is 12.2. The van der Waals surface area contributed by atoms with E-state index in [9.17, 15) is 9.59 Å². The van der Waals surface area contributed by atoms with Crippen LogP contribution in [0, 0.1) is 0 Å². The van der Waals surface area contributed by atoms with Gasteiger partial charge < -0.3 is 0 Å². The average molecular weight is 435 g/mol. The van der Waals surface area contributed by atoms with Crippen LogP contribution < -0.4 is 10.9 Å². The van der Waals surface area contributed by atoms with E-state index in [1.807, 2.05) is 18.2 Å². The first-order valence-electron chi connectivity index (χ1n) is 9.50. The maximum Gasteiger partial charge on any atom is 0.271 e. The molecule has 0 aromatic heterocycles. The van der Waals surface area contributed by atoms with Gasteiger partial charge in [0, 0.05) is 37.2 Å². The van der Waals surface area contributed by atoms with Gasteiger partial charge in [-0.25, -0.2) is 0 Å². The molecule has 8 heteroatoms. The number of carbonyl (C=O) groups is 2. The minimum absolute atomic E-state index is 0.217. The minimum atomic E-state index is -0.442. The molecule has 0 spiro atoms. The second kappa shape index (κ2) is 10.1. The van der Waals surface area contributed by atoms with Crippen molar-refractivity contribution in [3.8, 4) is 0 Å². The van der Waals surface area contributed by atoms with Crippen LogP contribution in [0.5, 0.6) is 0 Å². The van der Waals surface area contributed by atoms with E-state index < -0.39 is 5.91 Å². The number of piperazine rings is 1. The molecule has 0 bridgehead atoms. The molecule has 0 unspecified atom stereocenters. The maximum atomic E-state index is 12.2. The van der Waals surface area contributed by atoms with E-state index in [0.29, 0.717) is 10.6 Å². The third kappa shape index (κ3) is 5.70. The van der Waals surface area contributed by atoms with Crippen molar-refractivity contribution in [3.63, 3.8) is 0 Å². The zero-order chi connectivity index (χ0) is 20.8. The van der Waals surface area contributed by atoms with Crippen LogP contribution in [0.25, 0.3) is 0 Å². The summed E-state index contributed by atoms with van der Waals surface area (Å²) in [6.45, 7) is 5.57. The summed E-state index contributed by atoms with van der Waals surface area (Å²) in [6, 6.07) is 14.8. The van der Waals surface area contributed by atoms with Gasteiger partial charge in [0.25, 0.3) is 11.8 Å². The Morgan fingerprint density at radius 2 is 1.55 bits per heavy atom. The van der Waals surface area contributed by atoms with Crippen LogP contribution in [-0.4, -0.2) is 54.3 Å². The van der Waals surface area contributed by atoms with Crippen molar-refractivity contribution in [2.75, 3.05) is 32.7 Å². The predicted molar refractivity (Wildman–Crippen MR) is 115 cm³/mol. The van der Waals surface area contributed by atoms with Crippen LogP contribution in [0.3, 0.4) is 0 Å². The van der Waals surface area contributed by atoms with E-state index in [4.69, 9.17) is 23.2 Å². The molecule has 0 aliphatic carbocycles. The molecular formula is C21H24Cl2N4O2. The number of benzene rings is 2. The molecule has 0 radical (unpaired) electrons. The van der Waals surface area contributed by atoms with Gasteiger partial charge in [0.05, 0.1) is 17.1 Å². The lowest BCUT2D eigenvalue weighted by Gasteiger charge is -2.38. The van der Waals surface area contributed by atoms with Gasteiger partial charge in [-0.05, 0) is 30.7 Å². The van der Waals surface area contributed by atoms with Crippen molar-refractivity contribution in [2.45, 2.75) is 13.0 Å². The summed E-state index contributed by atoms with van der Waals surface area (Å²) >= 11 is 12.3. The Hall–Kier alpha value is -2.12. The Labute approximate surface area is 180 Å². The summed E-state index contributed by atoms with van der Waals surface area (Å²) in [4.78, 5) is 28.7. The first kappa shape index (κ1) is 21.6. The lowest BCUT2D eigenvalue weighted by molar-refractivity contribution is -0.123. The van der Waals surface area contributed by atoms with E-state index in [2.05, 4.69) is 33.6 Å². The van der Waals surface area contributed by atoms with Crippen molar-refractivity contribution < 1.29 is 9.59 Å². The Morgan fingerprint density at radius 1 is 0.931 bits per heavy atom. The number of hydrazine groups is 1. The lowest BCUT2D eigenvalue weighted by atomic mass is 10.1. The third-order valence-electron chi connectivity index (χ3n) is 5.11. The molecule has 29 heavy (non-hydrogen) atoms. The molecule has 2 N–H and O–H groups in total. The fourth-order valence-electron chi connectivity index (χ4n) is 3.40. The van der Waals surface area contributed by atoms with Gasteiger partial charge in [0.1, 0.15) is 0 Å². The lowest BCUT2D eigenvalue weighted by Crippen LogP contribution is -2.52. The van der Waals surface area contributed by atoms with Crippen LogP contribution in [0.15, 0.2) is 48.5 Å². The molecule has 2 aromatic rings. The van der Waals surface area contributed by atoms with Crippen molar-refractivity contribution in [2.24, 2.45) is 0 Å². The molecule has 3 rings (SSSR count). The van der Waals surface area contributed by atoms with Gasteiger partial charge in [0.2, 0.25) is 0 Å². The van der Waals surface area contributed by atoms with Crippen LogP contribution in [0.2, 0.25) is 10.0 Å². The van der Waals surface area contributed by atoms with E-state index in [1.54, 1.807) is 24.3 Å². The number of hydrogen-bond donors (Lipinski definition) is 2. The number of nitrogens with zero attached hydrogens (tertiary/aromatic N) is 2. The van der Waals surface area contributed by atoms with E-state index in [-0.39, 0.29) is 18.5 Å². The first-order valence-corrected chi connectivity index (χ1v) is 10.3. The van der Waals surface area contributed by atoms with Gasteiger partial charge in [-0.2, -0.15) is 0 Å². The van der Waals surface area contributed by atoms with Gasteiger partial charge in [-0.1, -0.05) is 53.5 Å². The number of nitrogens with one attached hydrogen (secondary N) is 2. The summed E-state index contributed by atoms with van der Waals surface area (Å²) in [6.07, 6.45) is 0. The van der Waals surface area contributed by atoms with Gasteiger partial charge in [0.15, 0.2) is 0 Å². The van der Waals surface area contributed by atoms with Gasteiger partial charge >= 0.3 is 0 Å². The highest BCUT2D eigenvalue weighted by molar-refractivity contribution is 6.33. The molecule has 1 saturated heterocycles. The fourth-order valence-corrected chi connectivity index (χ4v) is 3.92. The number of carbonyl (C=O) groups excluding carboxylic acids is 2. The molecule has 2 aromatic carbocycles. The molecule has 1 fully saturated rings. The Morgan fingerprint density at radius 3 is 2.21 bits per heavy atom. The highest BCUT2D eigenvalue weighted by Crippen LogP contribution is 2.27. The second-order valence-electron chi connectivity index (χ2n) is 6.99. The summed E-state index contributed by atoms with van der Waals surface area (Å²) in [5.41, 5.74) is 6.29. The Kier molecular flexibility index (Phi) is 7.50. The SMILES string of the molecule is C[C@@H](c1ccccc1Cl)N1CCN(CC(=O)NNC(=O)c2ccccc2Cl)CC1. The van der Waals surface area contributed by atoms with Crippen molar-refractivity contribution in [1.82, 2.24) is 20.7 Å². The summed E-state index contributed by atoms with van der Waals surface area (Å²) < 4.78 is 0. The molecule has 1 atom stereocenters. The van der Waals surface area contributed by atoms with Gasteiger partial charge in [-0.15, -0.1) is 0 Å². The predicted octanol–water partition coefficient (Wildman–Crippen LogP) is 3.13. The molecule has 6 nitrogen and oxygen atoms in total. The quantitative estimate of drug-likeness (QED) is 0.709. The van der Waals surface area contributed by atoms with Crippen molar-refractivity contribution >= 4 is 35.0 Å². The molecule has 0 saturated carbocycles. The highest BCUT2D eigenvalue weighted by atomic mass is 35.5. The Balaban J connectivity index is 1.43. The zero-order valence-corrected chi connectivity index (χ0v) is 17.7. The topological polar surface area (TPSA) is 64.7 Å². The van der Waals surface area contributed by atoms with Crippen LogP contribution in [0.4, 0.5) is 0 Å². The fraction of sp³-hybridized carbons (Fsp3) is 0.333. The largest absolute Gasteiger partial charge is 0.294 e. The summed E-state index contributed by atoms with van der Waals surface area (Å²) in [7, 11) is 0. The van der Waals surface area contributed by atoms with Crippen LogP contribution in [0.1, 0.15) is 28.9 Å². The van der Waals surface area contributed by atoms with E-state index >= 15 is 0 Å². The number of rotatable bonds is 5. The number of halogens is 2. The average Bonchev–Trinajstić information content (AvgIpc) is 2.73. The molecule has 2 amide bonds. The highest BCUT2D eigenvalue weighted by Gasteiger charge is 2.24. The monoisotopic (exact) mass is 434 g/mol. The van der Waals surface area contributed by atoms with Gasteiger partial charge in [-0.3, -0.25) is 30.2 Å². The van der Waals surface area contributed by atoms with Crippen LogP contribution in [-0.2, 0) is 4.79 Å². The van der Waals surface area contributed by atoms with E-state index in [1.165, 1.54) is 0 Å². The second-order valence-corrected chi connectivity index (χ2v) is 7.81. The minimum Gasteiger partial charge on any atom is -0.294 e. The summed E-state index contributed by atoms with van der Waals surface area (Å²) in [5, 5.41) is 1.11. The molecular weight excluding hydrogens is 411 g/mol.